The van der Waals surface area contributed by atoms with Gasteiger partial charge in [-0.25, -0.2) is 0 Å². The van der Waals surface area contributed by atoms with Crippen molar-refractivity contribution in [2.75, 3.05) is 41.8 Å². The van der Waals surface area contributed by atoms with Crippen molar-refractivity contribution in [2.45, 2.75) is 6.92 Å². The summed E-state index contributed by atoms with van der Waals surface area (Å²) in [4.78, 5) is 27.4. The summed E-state index contributed by atoms with van der Waals surface area (Å²) < 4.78 is 5.38. The number of amides is 2. The largest absolute Gasteiger partial charge is 0.378 e. The molecule has 0 aromatic heterocycles. The number of nitriles is 1. The van der Waals surface area contributed by atoms with Gasteiger partial charge >= 0.3 is 0 Å². The number of carbonyl (C=O) groups is 2. The third-order valence-electron chi connectivity index (χ3n) is 5.64. The highest BCUT2D eigenvalue weighted by atomic mass is 16.5. The molecule has 4 rings (SSSR count). The zero-order valence-electron chi connectivity index (χ0n) is 19.5. The minimum atomic E-state index is -0.499. The fourth-order valence-electron chi connectivity index (χ4n) is 3.71. The number of carbonyl (C=O) groups excluding carboxylic acids is 2. The Morgan fingerprint density at radius 2 is 1.66 bits per heavy atom. The Labute approximate surface area is 204 Å². The topological polar surface area (TPSA) is 94.5 Å². The van der Waals surface area contributed by atoms with E-state index >= 15 is 0 Å². The molecule has 0 aliphatic carbocycles. The molecule has 0 unspecified atom stereocenters. The molecule has 0 bridgehead atoms. The molecule has 2 amide bonds. The van der Waals surface area contributed by atoms with Crippen LogP contribution in [-0.4, -0.2) is 38.1 Å². The second kappa shape index (κ2) is 11.1. The maximum atomic E-state index is 12.7. The van der Waals surface area contributed by atoms with E-state index in [0.717, 1.165) is 24.3 Å². The third kappa shape index (κ3) is 6.34. The van der Waals surface area contributed by atoms with E-state index in [1.165, 1.54) is 6.08 Å². The van der Waals surface area contributed by atoms with Gasteiger partial charge in [0.1, 0.15) is 11.6 Å². The summed E-state index contributed by atoms with van der Waals surface area (Å²) in [5.74, 6) is -0.731. The molecule has 0 radical (unpaired) electrons. The van der Waals surface area contributed by atoms with Crippen molar-refractivity contribution in [3.05, 3.63) is 95.1 Å². The summed E-state index contributed by atoms with van der Waals surface area (Å²) in [6, 6.07) is 23.8. The Morgan fingerprint density at radius 1 is 0.943 bits per heavy atom. The van der Waals surface area contributed by atoms with Crippen LogP contribution in [-0.2, 0) is 9.53 Å². The predicted molar refractivity (Wildman–Crippen MR) is 137 cm³/mol. The summed E-state index contributed by atoms with van der Waals surface area (Å²) in [7, 11) is 0. The number of anilines is 3. The number of ether oxygens (including phenoxy) is 1. The van der Waals surface area contributed by atoms with Crippen LogP contribution in [0.25, 0.3) is 6.08 Å². The lowest BCUT2D eigenvalue weighted by molar-refractivity contribution is -0.112. The molecular weight excluding hydrogens is 440 g/mol. The van der Waals surface area contributed by atoms with Crippen LogP contribution in [0.1, 0.15) is 21.5 Å². The Hall–Kier alpha value is -4.41. The van der Waals surface area contributed by atoms with Crippen molar-refractivity contribution >= 4 is 35.0 Å². The molecular formula is C28H26N4O3. The van der Waals surface area contributed by atoms with Crippen LogP contribution in [0.15, 0.2) is 78.4 Å². The van der Waals surface area contributed by atoms with Gasteiger partial charge in [0, 0.05) is 35.7 Å². The lowest BCUT2D eigenvalue weighted by Gasteiger charge is -2.28. The number of hydrogen-bond acceptors (Lipinski definition) is 5. The predicted octanol–water partition coefficient (Wildman–Crippen LogP) is 4.63. The van der Waals surface area contributed by atoms with Crippen LogP contribution >= 0.6 is 0 Å². The molecule has 176 valence electrons. The summed E-state index contributed by atoms with van der Waals surface area (Å²) in [6.07, 6.45) is 1.50. The van der Waals surface area contributed by atoms with Gasteiger partial charge in [0.2, 0.25) is 0 Å². The molecule has 2 N–H and O–H groups in total. The molecule has 3 aromatic rings. The van der Waals surface area contributed by atoms with Crippen LogP contribution in [0.3, 0.4) is 0 Å². The van der Waals surface area contributed by atoms with Crippen LogP contribution in [0.5, 0.6) is 0 Å². The Balaban J connectivity index is 1.42. The van der Waals surface area contributed by atoms with Crippen LogP contribution in [0.4, 0.5) is 17.1 Å². The van der Waals surface area contributed by atoms with Gasteiger partial charge in [-0.2, -0.15) is 5.26 Å². The monoisotopic (exact) mass is 466 g/mol. The normalized spacial score (nSPS) is 13.6. The molecule has 3 aromatic carbocycles. The maximum absolute atomic E-state index is 12.7. The van der Waals surface area contributed by atoms with Crippen molar-refractivity contribution < 1.29 is 14.3 Å². The highest BCUT2D eigenvalue weighted by molar-refractivity contribution is 6.10. The van der Waals surface area contributed by atoms with Gasteiger partial charge in [-0.1, -0.05) is 29.8 Å². The smallest absolute Gasteiger partial charge is 0.266 e. The number of nitrogens with zero attached hydrogens (tertiary/aromatic N) is 2. The fourth-order valence-corrected chi connectivity index (χ4v) is 3.71. The van der Waals surface area contributed by atoms with Crippen molar-refractivity contribution in [3.63, 3.8) is 0 Å². The number of hydrogen-bond donors (Lipinski definition) is 2. The Morgan fingerprint density at radius 3 is 2.34 bits per heavy atom. The van der Waals surface area contributed by atoms with Gasteiger partial charge in [0.05, 0.1) is 13.2 Å². The Kier molecular flexibility index (Phi) is 7.56. The van der Waals surface area contributed by atoms with Gasteiger partial charge < -0.3 is 20.3 Å². The first-order chi connectivity index (χ1) is 17.0. The number of nitrogens with one attached hydrogen (secondary N) is 2. The molecule has 1 fully saturated rings. The first-order valence-corrected chi connectivity index (χ1v) is 11.4. The second-order valence-electron chi connectivity index (χ2n) is 8.22. The van der Waals surface area contributed by atoms with E-state index in [1.54, 1.807) is 36.4 Å². The molecule has 35 heavy (non-hydrogen) atoms. The maximum Gasteiger partial charge on any atom is 0.266 e. The minimum Gasteiger partial charge on any atom is -0.378 e. The fraction of sp³-hybridized carbons (Fsp3) is 0.179. The van der Waals surface area contributed by atoms with E-state index < -0.39 is 5.91 Å². The number of morpholine rings is 1. The van der Waals surface area contributed by atoms with Crippen LogP contribution < -0.4 is 15.5 Å². The van der Waals surface area contributed by atoms with Crippen molar-refractivity contribution in [1.82, 2.24) is 0 Å². The second-order valence-corrected chi connectivity index (χ2v) is 8.22. The average molecular weight is 467 g/mol. The molecule has 0 saturated carbocycles. The molecule has 0 spiro atoms. The highest BCUT2D eigenvalue weighted by Crippen LogP contribution is 2.20. The van der Waals surface area contributed by atoms with E-state index in [1.807, 2.05) is 49.4 Å². The Bertz CT molecular complexity index is 1270. The van der Waals surface area contributed by atoms with Crippen molar-refractivity contribution in [3.8, 4) is 6.07 Å². The standard InChI is InChI=1S/C28H26N4O3/c1-20-5-7-22(8-6-20)27(33)31-25-4-2-3-21(18-25)17-23(19-29)28(34)30-24-9-11-26(12-10-24)32-13-15-35-16-14-32/h2-12,17-18H,13-16H2,1H3,(H,30,34)(H,31,33)/b23-17+. The quantitative estimate of drug-likeness (QED) is 0.408. The van der Waals surface area contributed by atoms with Gasteiger partial charge in [-0.3, -0.25) is 9.59 Å². The molecule has 7 nitrogen and oxygen atoms in total. The molecule has 1 saturated heterocycles. The first kappa shape index (κ1) is 23.7. The van der Waals surface area contributed by atoms with Gasteiger partial charge in [0.15, 0.2) is 0 Å². The number of aryl methyl sites for hydroxylation is 1. The van der Waals surface area contributed by atoms with Crippen molar-refractivity contribution in [2.24, 2.45) is 0 Å². The average Bonchev–Trinajstić information content (AvgIpc) is 2.89. The lowest BCUT2D eigenvalue weighted by Crippen LogP contribution is -2.36. The van der Waals surface area contributed by atoms with Crippen molar-refractivity contribution in [1.29, 1.82) is 5.26 Å². The van der Waals surface area contributed by atoms with Crippen LogP contribution in [0.2, 0.25) is 0 Å². The van der Waals surface area contributed by atoms with E-state index in [2.05, 4.69) is 15.5 Å². The summed E-state index contributed by atoms with van der Waals surface area (Å²) in [5.41, 5.74) is 4.45. The zero-order chi connectivity index (χ0) is 24.6. The van der Waals surface area contributed by atoms with Gasteiger partial charge in [0.25, 0.3) is 11.8 Å². The van der Waals surface area contributed by atoms with E-state index in [4.69, 9.17) is 4.74 Å². The number of benzene rings is 3. The summed E-state index contributed by atoms with van der Waals surface area (Å²) >= 11 is 0. The molecule has 0 atom stereocenters. The van der Waals surface area contributed by atoms with Gasteiger partial charge in [-0.05, 0) is 67.1 Å². The zero-order valence-corrected chi connectivity index (χ0v) is 19.5. The summed E-state index contributed by atoms with van der Waals surface area (Å²) in [6.45, 7) is 5.02. The van der Waals surface area contributed by atoms with E-state index in [0.29, 0.717) is 35.7 Å². The summed E-state index contributed by atoms with van der Waals surface area (Å²) in [5, 5.41) is 15.2. The SMILES string of the molecule is Cc1ccc(C(=O)Nc2cccc(/C=C(\C#N)C(=O)Nc3ccc(N4CCOCC4)cc3)c2)cc1. The number of rotatable bonds is 6. The minimum absolute atomic E-state index is 0.0377. The molecule has 1 heterocycles. The highest BCUT2D eigenvalue weighted by Gasteiger charge is 2.13. The first-order valence-electron chi connectivity index (χ1n) is 11.4. The van der Waals surface area contributed by atoms with E-state index in [-0.39, 0.29) is 11.5 Å². The molecule has 1 aliphatic rings. The molecule has 1 aliphatic heterocycles. The molecule has 7 heteroatoms. The van der Waals surface area contributed by atoms with Crippen LogP contribution in [0, 0.1) is 18.3 Å². The lowest BCUT2D eigenvalue weighted by atomic mass is 10.1. The third-order valence-corrected chi connectivity index (χ3v) is 5.64. The van der Waals surface area contributed by atoms with Gasteiger partial charge in [-0.15, -0.1) is 0 Å². The van der Waals surface area contributed by atoms with E-state index in [9.17, 15) is 14.9 Å².